The van der Waals surface area contributed by atoms with E-state index in [-0.39, 0.29) is 17.4 Å². The summed E-state index contributed by atoms with van der Waals surface area (Å²) in [6.45, 7) is 0. The maximum Gasteiger partial charge on any atom is 0.269 e. The number of amides is 1. The van der Waals surface area contributed by atoms with Gasteiger partial charge in [-0.3, -0.25) is 15.6 Å². The first-order chi connectivity index (χ1) is 13.6. The Kier molecular flexibility index (Phi) is 5.04. The summed E-state index contributed by atoms with van der Waals surface area (Å²) >= 11 is 4.83. The number of rotatable bonds is 5. The normalized spacial score (nSPS) is 10.6. The average molecular weight is 456 g/mol. The van der Waals surface area contributed by atoms with Crippen molar-refractivity contribution in [3.8, 4) is 0 Å². The van der Waals surface area contributed by atoms with E-state index in [0.717, 1.165) is 14.7 Å². The second-order valence-corrected chi connectivity index (χ2v) is 7.63. The quantitative estimate of drug-likeness (QED) is 0.336. The molecular formula is C18H14BrN7OS. The van der Waals surface area contributed by atoms with Crippen molar-refractivity contribution >= 4 is 65.8 Å². The van der Waals surface area contributed by atoms with Crippen molar-refractivity contribution < 1.29 is 4.79 Å². The summed E-state index contributed by atoms with van der Waals surface area (Å²) in [6.07, 6.45) is 1.35. The Bertz CT molecular complexity index is 1110. The predicted molar refractivity (Wildman–Crippen MR) is 115 cm³/mol. The Hall–Kier alpha value is -3.24. The maximum absolute atomic E-state index is 12.2. The van der Waals surface area contributed by atoms with Gasteiger partial charge in [0.05, 0.1) is 10.2 Å². The fourth-order valence-corrected chi connectivity index (χ4v) is 3.54. The van der Waals surface area contributed by atoms with Crippen LogP contribution in [0.2, 0.25) is 0 Å². The molecule has 0 saturated carbocycles. The summed E-state index contributed by atoms with van der Waals surface area (Å²) in [5, 5.41) is 3.76. The fraction of sp³-hybridized carbons (Fsp3) is 0. The molecule has 28 heavy (non-hydrogen) atoms. The summed E-state index contributed by atoms with van der Waals surface area (Å²) < 4.78 is 1.94. The minimum Gasteiger partial charge on any atom is -0.393 e. The number of aromatic nitrogens is 3. The van der Waals surface area contributed by atoms with E-state index in [4.69, 9.17) is 5.73 Å². The number of nitrogen functional groups attached to an aromatic ring is 1. The van der Waals surface area contributed by atoms with Crippen LogP contribution < -0.4 is 21.9 Å². The summed E-state index contributed by atoms with van der Waals surface area (Å²) in [6, 6.07) is 14.8. The number of hydrazine groups is 1. The van der Waals surface area contributed by atoms with Crippen LogP contribution in [0.25, 0.3) is 10.2 Å². The minimum atomic E-state index is -0.314. The van der Waals surface area contributed by atoms with Crippen LogP contribution in [0.5, 0.6) is 0 Å². The number of fused-ring (bicyclic) bond motifs is 1. The Morgan fingerprint density at radius 3 is 2.57 bits per heavy atom. The molecule has 2 aromatic heterocycles. The van der Waals surface area contributed by atoms with Crippen LogP contribution in [0, 0.1) is 0 Å². The molecule has 0 atom stereocenters. The smallest absolute Gasteiger partial charge is 0.269 e. The van der Waals surface area contributed by atoms with E-state index < -0.39 is 0 Å². The largest absolute Gasteiger partial charge is 0.393 e. The molecule has 4 aromatic rings. The standard InChI is InChI=1S/C18H14BrN7OS/c19-11-7-5-10(6-8-11)17(27)26-25-16-14(20)15(21-9-22-16)24-18-23-12-3-1-2-4-13(12)28-18/h1-9H,20H2,(H,26,27)(H2,21,22,23,24,25). The molecule has 5 N–H and O–H groups in total. The lowest BCUT2D eigenvalue weighted by Crippen LogP contribution is -2.30. The van der Waals surface area contributed by atoms with Gasteiger partial charge in [0.15, 0.2) is 16.8 Å². The summed E-state index contributed by atoms with van der Waals surface area (Å²) in [5.41, 5.74) is 13.1. The molecular weight excluding hydrogens is 442 g/mol. The first kappa shape index (κ1) is 18.1. The Balaban J connectivity index is 1.48. The first-order valence-electron chi connectivity index (χ1n) is 8.15. The molecule has 0 unspecified atom stereocenters. The van der Waals surface area contributed by atoms with Gasteiger partial charge in [-0.05, 0) is 36.4 Å². The van der Waals surface area contributed by atoms with Crippen LogP contribution in [0.1, 0.15) is 10.4 Å². The number of nitrogens with zero attached hydrogens (tertiary/aromatic N) is 3. The van der Waals surface area contributed by atoms with E-state index in [1.165, 1.54) is 17.7 Å². The monoisotopic (exact) mass is 455 g/mol. The zero-order valence-electron chi connectivity index (χ0n) is 14.3. The predicted octanol–water partition coefficient (Wildman–Crippen LogP) is 3.93. The third kappa shape index (κ3) is 3.87. The van der Waals surface area contributed by atoms with E-state index in [1.807, 2.05) is 24.3 Å². The fourth-order valence-electron chi connectivity index (χ4n) is 2.41. The van der Waals surface area contributed by atoms with Gasteiger partial charge in [0.25, 0.3) is 5.91 Å². The molecule has 0 spiro atoms. The molecule has 0 aliphatic carbocycles. The van der Waals surface area contributed by atoms with Crippen molar-refractivity contribution in [3.63, 3.8) is 0 Å². The van der Waals surface area contributed by atoms with Gasteiger partial charge in [0.2, 0.25) is 0 Å². The van der Waals surface area contributed by atoms with Gasteiger partial charge in [-0.1, -0.05) is 39.4 Å². The highest BCUT2D eigenvalue weighted by Crippen LogP contribution is 2.30. The van der Waals surface area contributed by atoms with Gasteiger partial charge in [-0.2, -0.15) is 0 Å². The van der Waals surface area contributed by atoms with Crippen molar-refractivity contribution in [1.29, 1.82) is 0 Å². The number of hydrogen-bond donors (Lipinski definition) is 4. The molecule has 0 radical (unpaired) electrons. The zero-order chi connectivity index (χ0) is 19.5. The molecule has 0 bridgehead atoms. The molecule has 0 aliphatic heterocycles. The molecule has 2 heterocycles. The van der Waals surface area contributed by atoms with Crippen LogP contribution in [-0.2, 0) is 0 Å². The lowest BCUT2D eigenvalue weighted by Gasteiger charge is -2.12. The SMILES string of the molecule is Nc1c(NNC(=O)c2ccc(Br)cc2)ncnc1Nc1nc2ccccc2s1. The highest BCUT2D eigenvalue weighted by atomic mass is 79.9. The second kappa shape index (κ2) is 7.79. The molecule has 8 nitrogen and oxygen atoms in total. The van der Waals surface area contributed by atoms with Crippen molar-refractivity contribution in [2.75, 3.05) is 16.5 Å². The summed E-state index contributed by atoms with van der Waals surface area (Å²) in [5.74, 6) is 0.365. The number of nitrogens with one attached hydrogen (secondary N) is 3. The molecule has 140 valence electrons. The van der Waals surface area contributed by atoms with Gasteiger partial charge < -0.3 is 11.1 Å². The van der Waals surface area contributed by atoms with Gasteiger partial charge in [0.1, 0.15) is 12.0 Å². The zero-order valence-corrected chi connectivity index (χ0v) is 16.7. The maximum atomic E-state index is 12.2. The first-order valence-corrected chi connectivity index (χ1v) is 9.76. The van der Waals surface area contributed by atoms with Crippen molar-refractivity contribution in [2.24, 2.45) is 0 Å². The number of anilines is 4. The van der Waals surface area contributed by atoms with Gasteiger partial charge in [0, 0.05) is 10.0 Å². The lowest BCUT2D eigenvalue weighted by atomic mass is 10.2. The number of halogens is 1. The highest BCUT2D eigenvalue weighted by molar-refractivity contribution is 9.10. The van der Waals surface area contributed by atoms with Gasteiger partial charge >= 0.3 is 0 Å². The number of hydrogen-bond acceptors (Lipinski definition) is 8. The van der Waals surface area contributed by atoms with Gasteiger partial charge in [-0.25, -0.2) is 15.0 Å². The Morgan fingerprint density at radius 2 is 1.79 bits per heavy atom. The highest BCUT2D eigenvalue weighted by Gasteiger charge is 2.12. The molecule has 2 aromatic carbocycles. The van der Waals surface area contributed by atoms with E-state index >= 15 is 0 Å². The molecule has 10 heteroatoms. The molecule has 0 saturated heterocycles. The second-order valence-electron chi connectivity index (χ2n) is 5.68. The Labute approximate surface area is 172 Å². The van der Waals surface area contributed by atoms with Crippen molar-refractivity contribution in [2.45, 2.75) is 0 Å². The summed E-state index contributed by atoms with van der Waals surface area (Å²) in [4.78, 5) is 25.0. The number of benzene rings is 2. The van der Waals surface area contributed by atoms with Crippen LogP contribution in [0.15, 0.2) is 59.3 Å². The topological polar surface area (TPSA) is 118 Å². The van der Waals surface area contributed by atoms with E-state index in [9.17, 15) is 4.79 Å². The van der Waals surface area contributed by atoms with Crippen LogP contribution in [0.3, 0.4) is 0 Å². The van der Waals surface area contributed by atoms with E-state index in [2.05, 4.69) is 47.1 Å². The number of nitrogens with two attached hydrogens (primary N) is 1. The minimum absolute atomic E-state index is 0.262. The number of carbonyl (C=O) groups excluding carboxylic acids is 1. The van der Waals surface area contributed by atoms with Crippen molar-refractivity contribution in [3.05, 3.63) is 64.9 Å². The third-order valence-electron chi connectivity index (χ3n) is 3.80. The molecule has 0 fully saturated rings. The van der Waals surface area contributed by atoms with Crippen molar-refractivity contribution in [1.82, 2.24) is 20.4 Å². The van der Waals surface area contributed by atoms with E-state index in [0.29, 0.717) is 16.5 Å². The summed E-state index contributed by atoms with van der Waals surface area (Å²) in [7, 11) is 0. The van der Waals surface area contributed by atoms with E-state index in [1.54, 1.807) is 24.3 Å². The molecule has 0 aliphatic rings. The number of carbonyl (C=O) groups is 1. The Morgan fingerprint density at radius 1 is 1.04 bits per heavy atom. The molecule has 1 amide bonds. The third-order valence-corrected chi connectivity index (χ3v) is 5.28. The molecule has 4 rings (SSSR count). The number of thiazole rings is 1. The number of para-hydroxylation sites is 1. The average Bonchev–Trinajstić information content (AvgIpc) is 3.11. The lowest BCUT2D eigenvalue weighted by molar-refractivity contribution is 0.0962. The van der Waals surface area contributed by atoms with Crippen LogP contribution in [-0.4, -0.2) is 20.9 Å². The van der Waals surface area contributed by atoms with Crippen LogP contribution in [0.4, 0.5) is 22.5 Å². The van der Waals surface area contributed by atoms with Crippen LogP contribution >= 0.6 is 27.3 Å². The van der Waals surface area contributed by atoms with Gasteiger partial charge in [-0.15, -0.1) is 0 Å².